The number of hydrogen-bond acceptors (Lipinski definition) is 6. The summed E-state index contributed by atoms with van der Waals surface area (Å²) in [4.78, 5) is 22.1. The van der Waals surface area contributed by atoms with Gasteiger partial charge in [-0.15, -0.1) is 0 Å². The fraction of sp³-hybridized carbons (Fsp3) is 0.467. The molecule has 1 saturated heterocycles. The van der Waals surface area contributed by atoms with E-state index in [1.54, 1.807) is 29.0 Å². The second-order valence-corrected chi connectivity index (χ2v) is 7.19. The van der Waals surface area contributed by atoms with Gasteiger partial charge in [0, 0.05) is 6.54 Å². The standard InChI is InChI=1S/C15H21N3O7S/c19-14(20)17-12-6-7-13(24-10-12)8-16-26(22,23)18-15(21)25-9-11-4-2-1-3-5-11/h1-5,12-13,16-17H,6-10H2,(H,18,21)(H,19,20)/t12-,13+/m1/s1. The predicted octanol–water partition coefficient (Wildman–Crippen LogP) is 0.562. The van der Waals surface area contributed by atoms with Gasteiger partial charge in [0.1, 0.15) is 6.61 Å². The molecule has 0 aromatic heterocycles. The van der Waals surface area contributed by atoms with Gasteiger partial charge < -0.3 is 19.9 Å². The van der Waals surface area contributed by atoms with E-state index in [4.69, 9.17) is 14.6 Å². The normalized spacial score (nSPS) is 20.2. The van der Waals surface area contributed by atoms with Gasteiger partial charge in [-0.1, -0.05) is 30.3 Å². The Bertz CT molecular complexity index is 703. The first-order chi connectivity index (χ1) is 12.3. The van der Waals surface area contributed by atoms with Crippen LogP contribution in [0.25, 0.3) is 0 Å². The molecule has 1 aliphatic heterocycles. The monoisotopic (exact) mass is 387 g/mol. The first kappa shape index (κ1) is 19.9. The van der Waals surface area contributed by atoms with Crippen LogP contribution in [0, 0.1) is 0 Å². The van der Waals surface area contributed by atoms with Crippen LogP contribution in [0.3, 0.4) is 0 Å². The van der Waals surface area contributed by atoms with Gasteiger partial charge in [0.25, 0.3) is 0 Å². The lowest BCUT2D eigenvalue weighted by Gasteiger charge is -2.28. The summed E-state index contributed by atoms with van der Waals surface area (Å²) in [6, 6.07) is 8.53. The van der Waals surface area contributed by atoms with Crippen molar-refractivity contribution in [3.8, 4) is 0 Å². The number of hydrogen-bond donors (Lipinski definition) is 4. The number of carbonyl (C=O) groups excluding carboxylic acids is 1. The molecule has 0 radical (unpaired) electrons. The van der Waals surface area contributed by atoms with Gasteiger partial charge in [-0.25, -0.2) is 14.3 Å². The summed E-state index contributed by atoms with van der Waals surface area (Å²) in [5.41, 5.74) is 0.730. The van der Waals surface area contributed by atoms with Crippen molar-refractivity contribution in [2.45, 2.75) is 31.6 Å². The zero-order valence-electron chi connectivity index (χ0n) is 13.9. The average Bonchev–Trinajstić information content (AvgIpc) is 2.59. The quantitative estimate of drug-likeness (QED) is 0.535. The van der Waals surface area contributed by atoms with Gasteiger partial charge in [0.15, 0.2) is 0 Å². The Labute approximate surface area is 151 Å². The summed E-state index contributed by atoms with van der Waals surface area (Å²) in [5, 5.41) is 10.9. The van der Waals surface area contributed by atoms with Crippen LogP contribution in [0.5, 0.6) is 0 Å². The van der Waals surface area contributed by atoms with Gasteiger partial charge in [0.05, 0.1) is 18.8 Å². The maximum absolute atomic E-state index is 11.8. The van der Waals surface area contributed by atoms with Crippen molar-refractivity contribution in [3.05, 3.63) is 35.9 Å². The minimum atomic E-state index is -4.08. The molecule has 0 bridgehead atoms. The molecule has 10 nitrogen and oxygen atoms in total. The Morgan fingerprint density at radius 2 is 1.96 bits per heavy atom. The third kappa shape index (κ3) is 7.25. The number of carboxylic acid groups (broad SMARTS) is 1. The molecule has 1 fully saturated rings. The van der Waals surface area contributed by atoms with Crippen molar-refractivity contribution < 1.29 is 32.6 Å². The van der Waals surface area contributed by atoms with Gasteiger partial charge in [-0.2, -0.15) is 13.1 Å². The largest absolute Gasteiger partial charge is 0.465 e. The third-order valence-electron chi connectivity index (χ3n) is 3.63. The van der Waals surface area contributed by atoms with Gasteiger partial charge in [0.2, 0.25) is 0 Å². The third-order valence-corrected chi connectivity index (χ3v) is 4.61. The molecule has 1 heterocycles. The number of ether oxygens (including phenoxy) is 2. The number of benzene rings is 1. The summed E-state index contributed by atoms with van der Waals surface area (Å²) in [6.07, 6.45) is -1.61. The lowest BCUT2D eigenvalue weighted by atomic mass is 10.1. The summed E-state index contributed by atoms with van der Waals surface area (Å²) in [5.74, 6) is 0. The fourth-order valence-corrected chi connectivity index (χ4v) is 3.11. The smallest absolute Gasteiger partial charge is 0.422 e. The van der Waals surface area contributed by atoms with E-state index in [1.807, 2.05) is 6.07 Å². The Morgan fingerprint density at radius 1 is 1.23 bits per heavy atom. The topological polar surface area (TPSA) is 143 Å². The van der Waals surface area contributed by atoms with Crippen molar-refractivity contribution in [1.29, 1.82) is 0 Å². The van der Waals surface area contributed by atoms with Crippen LogP contribution in [0.15, 0.2) is 30.3 Å². The van der Waals surface area contributed by atoms with Crippen LogP contribution < -0.4 is 14.8 Å². The minimum Gasteiger partial charge on any atom is -0.465 e. The fourth-order valence-electron chi connectivity index (χ4n) is 2.36. The van der Waals surface area contributed by atoms with Crippen LogP contribution in [0.4, 0.5) is 9.59 Å². The Hall–Kier alpha value is -2.37. The number of carbonyl (C=O) groups is 2. The molecule has 2 amide bonds. The molecule has 1 aromatic carbocycles. The van der Waals surface area contributed by atoms with E-state index >= 15 is 0 Å². The SMILES string of the molecule is O=C(O)N[C@@H]1CC[C@@H](CNS(=O)(=O)NC(=O)OCc2ccccc2)OC1. The second-order valence-electron chi connectivity index (χ2n) is 5.69. The lowest BCUT2D eigenvalue weighted by Crippen LogP contribution is -2.47. The zero-order valence-corrected chi connectivity index (χ0v) is 14.7. The van der Waals surface area contributed by atoms with Crippen molar-refractivity contribution in [2.24, 2.45) is 0 Å². The first-order valence-corrected chi connectivity index (χ1v) is 9.41. The van der Waals surface area contributed by atoms with Gasteiger partial charge in [-0.05, 0) is 18.4 Å². The van der Waals surface area contributed by atoms with Gasteiger partial charge >= 0.3 is 22.4 Å². The van der Waals surface area contributed by atoms with Crippen molar-refractivity contribution >= 4 is 22.4 Å². The van der Waals surface area contributed by atoms with Gasteiger partial charge in [-0.3, -0.25) is 0 Å². The molecule has 0 saturated carbocycles. The highest BCUT2D eigenvalue weighted by Gasteiger charge is 2.24. The summed E-state index contributed by atoms with van der Waals surface area (Å²) < 4.78 is 37.9. The van der Waals surface area contributed by atoms with E-state index in [1.165, 1.54) is 0 Å². The number of nitrogens with one attached hydrogen (secondary N) is 3. The average molecular weight is 387 g/mol. The van der Waals surface area contributed by atoms with E-state index in [0.717, 1.165) is 5.56 Å². The molecule has 0 spiro atoms. The van der Waals surface area contributed by atoms with Crippen molar-refractivity contribution in [2.75, 3.05) is 13.2 Å². The number of rotatable bonds is 7. The predicted molar refractivity (Wildman–Crippen MR) is 90.6 cm³/mol. The minimum absolute atomic E-state index is 0.0406. The molecule has 1 aliphatic rings. The molecule has 26 heavy (non-hydrogen) atoms. The zero-order chi connectivity index (χ0) is 19.0. The maximum Gasteiger partial charge on any atom is 0.422 e. The van der Waals surface area contributed by atoms with Crippen molar-refractivity contribution in [1.82, 2.24) is 14.8 Å². The second kappa shape index (κ2) is 9.36. The summed E-state index contributed by atoms with van der Waals surface area (Å²) in [7, 11) is -4.08. The number of amides is 2. The van der Waals surface area contributed by atoms with Crippen LogP contribution in [0.1, 0.15) is 18.4 Å². The Balaban J connectivity index is 1.68. The summed E-state index contributed by atoms with van der Waals surface area (Å²) in [6.45, 7) is 0.0677. The molecular weight excluding hydrogens is 366 g/mol. The van der Waals surface area contributed by atoms with E-state index in [-0.39, 0.29) is 25.8 Å². The molecule has 4 N–H and O–H groups in total. The van der Waals surface area contributed by atoms with Crippen LogP contribution >= 0.6 is 0 Å². The first-order valence-electron chi connectivity index (χ1n) is 7.93. The maximum atomic E-state index is 11.8. The molecule has 0 unspecified atom stereocenters. The molecule has 1 aromatic rings. The molecular formula is C15H21N3O7S. The van der Waals surface area contributed by atoms with Crippen molar-refractivity contribution in [3.63, 3.8) is 0 Å². The van der Waals surface area contributed by atoms with Crippen LogP contribution in [-0.4, -0.2) is 51.0 Å². The highest BCUT2D eigenvalue weighted by atomic mass is 32.2. The van der Waals surface area contributed by atoms with Crippen LogP contribution in [0.2, 0.25) is 0 Å². The molecule has 11 heteroatoms. The van der Waals surface area contributed by atoms with Crippen LogP contribution in [-0.2, 0) is 26.3 Å². The lowest BCUT2D eigenvalue weighted by molar-refractivity contribution is 0.00197. The highest BCUT2D eigenvalue weighted by Crippen LogP contribution is 2.13. The molecule has 144 valence electrons. The van der Waals surface area contributed by atoms with E-state index in [2.05, 4.69) is 10.0 Å². The van der Waals surface area contributed by atoms with E-state index in [9.17, 15) is 18.0 Å². The highest BCUT2D eigenvalue weighted by molar-refractivity contribution is 7.88. The van der Waals surface area contributed by atoms with E-state index in [0.29, 0.717) is 12.8 Å². The Kier molecular flexibility index (Phi) is 7.18. The van der Waals surface area contributed by atoms with E-state index < -0.39 is 28.5 Å². The molecule has 0 aliphatic carbocycles. The summed E-state index contributed by atoms with van der Waals surface area (Å²) >= 11 is 0. The molecule has 2 rings (SSSR count). The Morgan fingerprint density at radius 3 is 2.58 bits per heavy atom. The molecule has 2 atom stereocenters.